The summed E-state index contributed by atoms with van der Waals surface area (Å²) >= 11 is 0. The molecule has 2 aromatic heterocycles. The van der Waals surface area contributed by atoms with E-state index in [1.165, 1.54) is 10.9 Å². The predicted molar refractivity (Wildman–Crippen MR) is 168 cm³/mol. The van der Waals surface area contributed by atoms with Gasteiger partial charge in [0.2, 0.25) is 0 Å². The van der Waals surface area contributed by atoms with E-state index in [-0.39, 0.29) is 0 Å². The molecule has 0 saturated heterocycles. The minimum absolute atomic E-state index is 0.647. The van der Waals surface area contributed by atoms with E-state index < -0.39 is 0 Å². The fourth-order valence-electron chi connectivity index (χ4n) is 3.94. The van der Waals surface area contributed by atoms with Gasteiger partial charge in [0.1, 0.15) is 5.82 Å². The average molecular weight is 528 g/mol. The number of nitrogens with zero attached hydrogens (tertiary/aromatic N) is 4. The molecule has 0 saturated carbocycles. The standard InChI is InChI=1S/C26H28N5P.C2H6.2C2H4/c1-19-10-5-8-14-22(19)23-16-25(31-26(30-23)24(32-2)18-29-31)28-15-9-3-4-11-20-12-6-7-13-21(20)17-27;3*1-2/h5-8,10,12-14,16,18,28,32H,3-4,9,11,15H2,1-2H3;1-2H3;2*1-2H2. The van der Waals surface area contributed by atoms with Crippen molar-refractivity contribution in [1.29, 1.82) is 5.26 Å². The molecule has 4 rings (SSSR count). The second-order valence-electron chi connectivity index (χ2n) is 7.89. The maximum absolute atomic E-state index is 9.24. The van der Waals surface area contributed by atoms with E-state index in [0.717, 1.165) is 66.1 Å². The summed E-state index contributed by atoms with van der Waals surface area (Å²) in [5, 5.41) is 18.6. The molecule has 200 valence electrons. The van der Waals surface area contributed by atoms with Crippen LogP contribution >= 0.6 is 8.58 Å². The number of benzene rings is 2. The summed E-state index contributed by atoms with van der Waals surface area (Å²) in [7, 11) is 0.647. The molecule has 1 unspecified atom stereocenters. The van der Waals surface area contributed by atoms with E-state index in [9.17, 15) is 5.26 Å². The van der Waals surface area contributed by atoms with E-state index in [1.807, 2.05) is 42.8 Å². The van der Waals surface area contributed by atoms with Crippen molar-refractivity contribution < 1.29 is 0 Å². The lowest BCUT2D eigenvalue weighted by molar-refractivity contribution is 0.695. The van der Waals surface area contributed by atoms with E-state index in [2.05, 4.69) is 92.8 Å². The van der Waals surface area contributed by atoms with Crippen molar-refractivity contribution in [1.82, 2.24) is 14.6 Å². The molecule has 38 heavy (non-hydrogen) atoms. The highest BCUT2D eigenvalue weighted by atomic mass is 31.1. The summed E-state index contributed by atoms with van der Waals surface area (Å²) in [6, 6.07) is 20.6. The molecule has 0 fully saturated rings. The smallest absolute Gasteiger partial charge is 0.165 e. The Morgan fingerprint density at radius 2 is 1.66 bits per heavy atom. The van der Waals surface area contributed by atoms with Crippen molar-refractivity contribution in [2.45, 2.75) is 46.5 Å². The Kier molecular flexibility index (Phi) is 15.7. The van der Waals surface area contributed by atoms with Gasteiger partial charge in [0.15, 0.2) is 5.65 Å². The third kappa shape index (κ3) is 8.68. The second-order valence-corrected chi connectivity index (χ2v) is 8.93. The van der Waals surface area contributed by atoms with Gasteiger partial charge in [-0.2, -0.15) is 14.9 Å². The first-order chi connectivity index (χ1) is 18.7. The van der Waals surface area contributed by atoms with Crippen LogP contribution in [0.15, 0.2) is 87.1 Å². The molecule has 0 radical (unpaired) electrons. The van der Waals surface area contributed by atoms with Crippen LogP contribution in [0.4, 0.5) is 5.82 Å². The molecule has 6 heteroatoms. The van der Waals surface area contributed by atoms with Crippen LogP contribution < -0.4 is 10.6 Å². The normalized spacial score (nSPS) is 9.87. The molecule has 0 aliphatic heterocycles. The largest absolute Gasteiger partial charge is 0.370 e. The number of rotatable bonds is 9. The molecule has 2 heterocycles. The van der Waals surface area contributed by atoms with Crippen LogP contribution in [0.2, 0.25) is 0 Å². The van der Waals surface area contributed by atoms with Crippen LogP contribution in [0, 0.1) is 18.3 Å². The number of nitrogens with one attached hydrogen (secondary N) is 1. The summed E-state index contributed by atoms with van der Waals surface area (Å²) in [6.45, 7) is 21.2. The maximum atomic E-state index is 9.24. The van der Waals surface area contributed by atoms with Gasteiger partial charge in [-0.15, -0.1) is 26.3 Å². The van der Waals surface area contributed by atoms with Crippen LogP contribution in [0.5, 0.6) is 0 Å². The average Bonchev–Trinajstić information content (AvgIpc) is 3.41. The third-order valence-electron chi connectivity index (χ3n) is 5.73. The van der Waals surface area contributed by atoms with Crippen molar-refractivity contribution >= 4 is 25.4 Å². The minimum Gasteiger partial charge on any atom is -0.370 e. The Balaban J connectivity index is 0.00000112. The third-order valence-corrected chi connectivity index (χ3v) is 6.62. The van der Waals surface area contributed by atoms with Crippen LogP contribution in [0.3, 0.4) is 0 Å². The summed E-state index contributed by atoms with van der Waals surface area (Å²) in [5.74, 6) is 0.979. The fourth-order valence-corrected chi connectivity index (χ4v) is 4.52. The topological polar surface area (TPSA) is 66.0 Å². The molecule has 0 bridgehead atoms. The maximum Gasteiger partial charge on any atom is 0.165 e. The summed E-state index contributed by atoms with van der Waals surface area (Å²) < 4.78 is 1.93. The van der Waals surface area contributed by atoms with Gasteiger partial charge in [-0.3, -0.25) is 0 Å². The number of aromatic nitrogens is 3. The van der Waals surface area contributed by atoms with Crippen LogP contribution in [-0.4, -0.2) is 27.8 Å². The van der Waals surface area contributed by atoms with Crippen molar-refractivity contribution in [3.05, 3.63) is 104 Å². The van der Waals surface area contributed by atoms with Gasteiger partial charge in [0, 0.05) is 23.5 Å². The van der Waals surface area contributed by atoms with Gasteiger partial charge in [-0.25, -0.2) is 4.98 Å². The Hall–Kier alpha value is -3.74. The Labute approximate surface area is 231 Å². The molecule has 0 spiro atoms. The summed E-state index contributed by atoms with van der Waals surface area (Å²) in [4.78, 5) is 4.95. The Bertz CT molecular complexity index is 1290. The molecule has 1 N–H and O–H groups in total. The van der Waals surface area contributed by atoms with Gasteiger partial charge < -0.3 is 5.32 Å². The first-order valence-corrected chi connectivity index (χ1v) is 14.6. The quantitative estimate of drug-likeness (QED) is 0.136. The van der Waals surface area contributed by atoms with Crippen LogP contribution in [0.25, 0.3) is 16.9 Å². The van der Waals surface area contributed by atoms with Crippen LogP contribution in [0.1, 0.15) is 49.8 Å². The highest BCUT2D eigenvalue weighted by molar-refractivity contribution is 7.46. The van der Waals surface area contributed by atoms with Crippen molar-refractivity contribution in [2.75, 3.05) is 18.5 Å². The predicted octanol–water partition coefficient (Wildman–Crippen LogP) is 7.97. The van der Waals surface area contributed by atoms with Gasteiger partial charge in [-0.1, -0.05) is 71.3 Å². The first kappa shape index (κ1) is 32.3. The van der Waals surface area contributed by atoms with Crippen molar-refractivity contribution in [2.24, 2.45) is 0 Å². The number of anilines is 1. The summed E-state index contributed by atoms with van der Waals surface area (Å²) in [5.41, 5.74) is 6.22. The van der Waals surface area contributed by atoms with Gasteiger partial charge in [-0.05, 0) is 50.0 Å². The highest BCUT2D eigenvalue weighted by Gasteiger charge is 2.13. The van der Waals surface area contributed by atoms with Crippen LogP contribution in [-0.2, 0) is 6.42 Å². The lowest BCUT2D eigenvalue weighted by Crippen LogP contribution is -2.09. The number of hydrogen-bond donors (Lipinski definition) is 1. The number of unbranched alkanes of at least 4 members (excludes halogenated alkanes) is 2. The molecular weight excluding hydrogens is 485 g/mol. The van der Waals surface area contributed by atoms with E-state index in [0.29, 0.717) is 8.58 Å². The first-order valence-electron chi connectivity index (χ1n) is 13.1. The fraction of sp³-hybridized carbons (Fsp3) is 0.281. The highest BCUT2D eigenvalue weighted by Crippen LogP contribution is 2.25. The van der Waals surface area contributed by atoms with E-state index in [1.54, 1.807) is 0 Å². The second kappa shape index (κ2) is 18.5. The zero-order valence-electron chi connectivity index (χ0n) is 23.4. The molecule has 0 aliphatic carbocycles. The molecule has 0 aliphatic rings. The van der Waals surface area contributed by atoms with E-state index in [4.69, 9.17) is 4.98 Å². The van der Waals surface area contributed by atoms with Crippen molar-refractivity contribution in [3.63, 3.8) is 0 Å². The lowest BCUT2D eigenvalue weighted by atomic mass is 10.0. The number of hydrogen-bond acceptors (Lipinski definition) is 4. The number of nitriles is 1. The van der Waals surface area contributed by atoms with Gasteiger partial charge in [0.25, 0.3) is 0 Å². The molecule has 2 aromatic carbocycles. The SMILES string of the molecule is C=C.C=C.CC.CPc1cnn2c(NCCCCCc3ccccc3C#N)cc(-c3ccccc3C)nc12. The van der Waals surface area contributed by atoms with Gasteiger partial charge >= 0.3 is 0 Å². The number of fused-ring (bicyclic) bond motifs is 1. The van der Waals surface area contributed by atoms with Crippen molar-refractivity contribution in [3.8, 4) is 17.3 Å². The zero-order valence-corrected chi connectivity index (χ0v) is 24.4. The molecule has 4 aromatic rings. The van der Waals surface area contributed by atoms with Gasteiger partial charge in [0.05, 0.1) is 23.5 Å². The molecule has 0 amide bonds. The molecule has 1 atom stereocenters. The zero-order chi connectivity index (χ0) is 28.3. The lowest BCUT2D eigenvalue weighted by Gasteiger charge is -2.12. The molecule has 5 nitrogen and oxygen atoms in total. The van der Waals surface area contributed by atoms with E-state index >= 15 is 0 Å². The molecular formula is C32H42N5P. The Morgan fingerprint density at radius 1 is 0.974 bits per heavy atom. The number of aryl methyl sites for hydroxylation is 2. The minimum atomic E-state index is 0.647. The monoisotopic (exact) mass is 527 g/mol. The Morgan fingerprint density at radius 3 is 2.34 bits per heavy atom. The summed E-state index contributed by atoms with van der Waals surface area (Å²) in [6.07, 6.45) is 6.11.